The van der Waals surface area contributed by atoms with Gasteiger partial charge in [-0.05, 0) is 18.6 Å². The van der Waals surface area contributed by atoms with Crippen molar-refractivity contribution in [3.63, 3.8) is 0 Å². The van der Waals surface area contributed by atoms with E-state index in [1.54, 1.807) is 0 Å². The molecule has 1 amide bonds. The maximum absolute atomic E-state index is 11.1. The largest absolute Gasteiger partial charge is 0.329 e. The van der Waals surface area contributed by atoms with Crippen LogP contribution >= 0.6 is 0 Å². The van der Waals surface area contributed by atoms with Crippen LogP contribution in [0.1, 0.15) is 6.92 Å². The van der Waals surface area contributed by atoms with Crippen molar-refractivity contribution < 1.29 is 4.79 Å². The van der Waals surface area contributed by atoms with Crippen LogP contribution in [0.3, 0.4) is 0 Å². The third kappa shape index (κ3) is 1.59. The van der Waals surface area contributed by atoms with E-state index in [0.717, 1.165) is 5.84 Å². The summed E-state index contributed by atoms with van der Waals surface area (Å²) in [5, 5.41) is 0. The van der Waals surface area contributed by atoms with Gasteiger partial charge in [0.05, 0.1) is 0 Å². The monoisotopic (exact) mass is 174 g/mol. The maximum atomic E-state index is 11.1. The number of aliphatic imine (C=N–C) groups is 1. The zero-order valence-corrected chi connectivity index (χ0v) is 7.40. The molecule has 2 rings (SSSR count). The summed E-state index contributed by atoms with van der Waals surface area (Å²) in [4.78, 5) is 16.9. The topological polar surface area (TPSA) is 32.7 Å². The lowest BCUT2D eigenvalue weighted by atomic mass is 10.2. The van der Waals surface area contributed by atoms with Gasteiger partial charge < -0.3 is 4.90 Å². The van der Waals surface area contributed by atoms with Gasteiger partial charge in [0.1, 0.15) is 5.84 Å². The van der Waals surface area contributed by atoms with E-state index < -0.39 is 0 Å². The van der Waals surface area contributed by atoms with Crippen molar-refractivity contribution in [2.24, 2.45) is 4.99 Å². The first-order valence-electron chi connectivity index (χ1n) is 4.18. The van der Waals surface area contributed by atoms with Crippen molar-refractivity contribution in [3.8, 4) is 0 Å². The van der Waals surface area contributed by atoms with E-state index in [1.807, 2.05) is 36.3 Å². The molecule has 2 aliphatic rings. The lowest BCUT2D eigenvalue weighted by molar-refractivity contribution is -0.113. The number of carbonyl (C=O) groups excluding carboxylic acids is 1. The Kier molecular flexibility index (Phi) is 1.85. The van der Waals surface area contributed by atoms with Crippen LogP contribution in [-0.4, -0.2) is 23.2 Å². The maximum Gasteiger partial charge on any atom is 0.271 e. The molecule has 2 aliphatic heterocycles. The van der Waals surface area contributed by atoms with Crippen molar-refractivity contribution in [2.75, 3.05) is 6.54 Å². The average molecular weight is 174 g/mol. The average Bonchev–Trinajstić information content (AvgIpc) is 2.25. The van der Waals surface area contributed by atoms with Gasteiger partial charge >= 0.3 is 0 Å². The molecule has 0 aromatic rings. The Morgan fingerprint density at radius 2 is 2.23 bits per heavy atom. The van der Waals surface area contributed by atoms with E-state index in [4.69, 9.17) is 0 Å². The van der Waals surface area contributed by atoms with Gasteiger partial charge in [-0.1, -0.05) is 12.2 Å². The molecule has 0 aromatic heterocycles. The van der Waals surface area contributed by atoms with Gasteiger partial charge in [0, 0.05) is 18.8 Å². The second-order valence-electron chi connectivity index (χ2n) is 3.07. The summed E-state index contributed by atoms with van der Waals surface area (Å²) in [5.41, 5.74) is 1.17. The van der Waals surface area contributed by atoms with Gasteiger partial charge in [-0.15, -0.1) is 0 Å². The normalized spacial score (nSPS) is 20.7. The van der Waals surface area contributed by atoms with Gasteiger partial charge in [-0.25, -0.2) is 0 Å². The molecule has 0 saturated heterocycles. The molecule has 0 N–H and O–H groups in total. The Hall–Kier alpha value is -1.64. The molecule has 2 heterocycles. The highest BCUT2D eigenvalue weighted by Crippen LogP contribution is 2.11. The first-order chi connectivity index (χ1) is 6.25. The molecule has 0 aliphatic carbocycles. The van der Waals surface area contributed by atoms with Crippen LogP contribution < -0.4 is 0 Å². The molecule has 0 fully saturated rings. The second-order valence-corrected chi connectivity index (χ2v) is 3.07. The second kappa shape index (κ2) is 3.01. The molecule has 0 aromatic carbocycles. The van der Waals surface area contributed by atoms with Crippen LogP contribution in [-0.2, 0) is 4.79 Å². The Balaban J connectivity index is 2.37. The Morgan fingerprint density at radius 3 is 3.08 bits per heavy atom. The fourth-order valence-corrected chi connectivity index (χ4v) is 1.32. The number of amides is 1. The third-order valence-electron chi connectivity index (χ3n) is 1.94. The molecule has 0 unspecified atom stereocenters. The molecule has 0 radical (unpaired) electrons. The van der Waals surface area contributed by atoms with Crippen molar-refractivity contribution in [1.82, 2.24) is 4.90 Å². The summed E-state index contributed by atoms with van der Waals surface area (Å²) in [7, 11) is 0. The van der Waals surface area contributed by atoms with Crippen molar-refractivity contribution >= 4 is 11.7 Å². The van der Waals surface area contributed by atoms with Gasteiger partial charge in [-0.2, -0.15) is 4.99 Å². The third-order valence-corrected chi connectivity index (χ3v) is 1.94. The molecular weight excluding hydrogens is 164 g/mol. The van der Waals surface area contributed by atoms with Crippen LogP contribution in [0.2, 0.25) is 0 Å². The summed E-state index contributed by atoms with van der Waals surface area (Å²) < 4.78 is 0. The number of amidine groups is 1. The molecular formula is C10H10N2O. The molecule has 13 heavy (non-hydrogen) atoms. The highest BCUT2D eigenvalue weighted by atomic mass is 16.1. The lowest BCUT2D eigenvalue weighted by Crippen LogP contribution is -2.26. The van der Waals surface area contributed by atoms with Crippen LogP contribution in [0.4, 0.5) is 0 Å². The summed E-state index contributed by atoms with van der Waals surface area (Å²) in [5.74, 6) is 0.538. The smallest absolute Gasteiger partial charge is 0.271 e. The molecule has 66 valence electrons. The molecule has 0 atom stereocenters. The molecule has 0 spiro atoms. The van der Waals surface area contributed by atoms with Crippen LogP contribution in [0.5, 0.6) is 0 Å². The molecule has 3 heteroatoms. The predicted molar refractivity (Wildman–Crippen MR) is 51.2 cm³/mol. The van der Waals surface area contributed by atoms with E-state index in [9.17, 15) is 4.79 Å². The zero-order chi connectivity index (χ0) is 9.26. The Bertz CT molecular complexity index is 361. The molecule has 3 nitrogen and oxygen atoms in total. The first-order valence-corrected chi connectivity index (χ1v) is 4.18. The van der Waals surface area contributed by atoms with Gasteiger partial charge in [0.15, 0.2) is 0 Å². The summed E-state index contributed by atoms with van der Waals surface area (Å²) in [6, 6.07) is 0. The van der Waals surface area contributed by atoms with Crippen molar-refractivity contribution in [1.29, 1.82) is 0 Å². The number of hydrogen-bond acceptors (Lipinski definition) is 2. The number of rotatable bonds is 0. The van der Waals surface area contributed by atoms with Gasteiger partial charge in [-0.3, -0.25) is 4.79 Å². The Labute approximate surface area is 76.8 Å². The minimum atomic E-state index is -0.185. The van der Waals surface area contributed by atoms with Crippen LogP contribution in [0, 0.1) is 0 Å². The van der Waals surface area contributed by atoms with E-state index in [2.05, 4.69) is 4.99 Å². The minimum absolute atomic E-state index is 0.185. The van der Waals surface area contributed by atoms with Crippen LogP contribution in [0.25, 0.3) is 0 Å². The molecule has 0 bridgehead atoms. The number of carbonyl (C=O) groups is 1. The van der Waals surface area contributed by atoms with E-state index in [1.165, 1.54) is 11.6 Å². The SMILES string of the molecule is CC1=CN2CC=CC(=O)N=C2C=C1. The highest BCUT2D eigenvalue weighted by Gasteiger charge is 2.12. The zero-order valence-electron chi connectivity index (χ0n) is 7.40. The van der Waals surface area contributed by atoms with Crippen molar-refractivity contribution in [2.45, 2.75) is 6.92 Å². The number of hydrogen-bond donors (Lipinski definition) is 0. The fraction of sp³-hybridized carbons (Fsp3) is 0.200. The predicted octanol–water partition coefficient (Wildman–Crippen LogP) is 1.26. The standard InChI is InChI=1S/C10H10N2O/c1-8-4-5-9-11-10(13)3-2-6-12(9)7-8/h2-5,7H,6H2,1H3. The van der Waals surface area contributed by atoms with Gasteiger partial charge in [0.25, 0.3) is 5.91 Å². The van der Waals surface area contributed by atoms with Crippen molar-refractivity contribution in [3.05, 3.63) is 36.1 Å². The van der Waals surface area contributed by atoms with E-state index in [0.29, 0.717) is 6.54 Å². The molecule has 0 saturated carbocycles. The van der Waals surface area contributed by atoms with E-state index in [-0.39, 0.29) is 5.91 Å². The quantitative estimate of drug-likeness (QED) is 0.553. The number of allylic oxidation sites excluding steroid dienone is 2. The Morgan fingerprint density at radius 1 is 1.38 bits per heavy atom. The number of nitrogens with zero attached hydrogens (tertiary/aromatic N) is 2. The van der Waals surface area contributed by atoms with Crippen LogP contribution in [0.15, 0.2) is 41.1 Å². The first kappa shape index (κ1) is 7.98. The summed E-state index contributed by atoms with van der Waals surface area (Å²) in [6.45, 7) is 2.73. The van der Waals surface area contributed by atoms with Gasteiger partial charge in [0.2, 0.25) is 0 Å². The highest BCUT2D eigenvalue weighted by molar-refractivity contribution is 6.06. The minimum Gasteiger partial charge on any atom is -0.329 e. The van der Waals surface area contributed by atoms with E-state index >= 15 is 0 Å². The number of fused-ring (bicyclic) bond motifs is 1. The fourth-order valence-electron chi connectivity index (χ4n) is 1.32. The summed E-state index contributed by atoms with van der Waals surface area (Å²) in [6.07, 6.45) is 9.13. The summed E-state index contributed by atoms with van der Waals surface area (Å²) >= 11 is 0. The lowest BCUT2D eigenvalue weighted by Gasteiger charge is -2.20.